The Morgan fingerprint density at radius 1 is 1.21 bits per heavy atom. The number of aromatic nitrogens is 2. The van der Waals surface area contributed by atoms with Gasteiger partial charge in [0.25, 0.3) is 5.22 Å². The van der Waals surface area contributed by atoms with Gasteiger partial charge in [0.2, 0.25) is 5.88 Å². The van der Waals surface area contributed by atoms with Crippen LogP contribution in [0.15, 0.2) is 51.1 Å². The second-order valence-electron chi connectivity index (χ2n) is 3.83. The van der Waals surface area contributed by atoms with Gasteiger partial charge in [0.05, 0.1) is 7.11 Å². The number of fused-ring (bicyclic) bond motifs is 1. The molecule has 2 aromatic heterocycles. The van der Waals surface area contributed by atoms with Gasteiger partial charge < -0.3 is 14.9 Å². The molecule has 0 atom stereocenters. The van der Waals surface area contributed by atoms with E-state index in [0.29, 0.717) is 22.4 Å². The minimum Gasteiger partial charge on any atom is -0.481 e. The molecule has 2 N–H and O–H groups in total. The fourth-order valence-corrected chi connectivity index (χ4v) is 2.36. The lowest BCUT2D eigenvalue weighted by Gasteiger charge is -1.99. The Morgan fingerprint density at radius 3 is 2.95 bits per heavy atom. The number of methoxy groups -OCH3 is 1. The van der Waals surface area contributed by atoms with Crippen LogP contribution in [0.4, 0.5) is 5.69 Å². The number of oxazole rings is 1. The predicted molar refractivity (Wildman–Crippen MR) is 73.3 cm³/mol. The van der Waals surface area contributed by atoms with Gasteiger partial charge in [-0.3, -0.25) is 0 Å². The number of nitrogens with two attached hydrogens (primary N) is 1. The van der Waals surface area contributed by atoms with Crippen LogP contribution in [-0.4, -0.2) is 17.1 Å². The molecular weight excluding hydrogens is 262 g/mol. The third-order valence-corrected chi connectivity index (χ3v) is 3.28. The molecule has 0 bridgehead atoms. The largest absolute Gasteiger partial charge is 0.481 e. The first kappa shape index (κ1) is 11.9. The lowest BCUT2D eigenvalue weighted by atomic mass is 10.3. The van der Waals surface area contributed by atoms with Crippen LogP contribution in [0.1, 0.15) is 0 Å². The van der Waals surface area contributed by atoms with Crippen molar-refractivity contribution in [3.8, 4) is 5.88 Å². The van der Waals surface area contributed by atoms with Crippen molar-refractivity contribution >= 4 is 28.5 Å². The Balaban J connectivity index is 1.92. The van der Waals surface area contributed by atoms with Gasteiger partial charge in [0.1, 0.15) is 10.5 Å². The molecule has 0 fully saturated rings. The maximum atomic E-state index is 5.70. The fraction of sp³-hybridized carbons (Fsp3) is 0.0769. The summed E-state index contributed by atoms with van der Waals surface area (Å²) < 4.78 is 10.7. The topological polar surface area (TPSA) is 74.2 Å². The molecule has 0 aliphatic rings. The van der Waals surface area contributed by atoms with E-state index in [1.54, 1.807) is 25.3 Å². The highest BCUT2D eigenvalue weighted by Crippen LogP contribution is 2.30. The highest BCUT2D eigenvalue weighted by molar-refractivity contribution is 7.99. The summed E-state index contributed by atoms with van der Waals surface area (Å²) in [5, 5.41) is 1.29. The number of benzene rings is 1. The normalized spacial score (nSPS) is 10.8. The zero-order valence-corrected chi connectivity index (χ0v) is 11.0. The van der Waals surface area contributed by atoms with Crippen LogP contribution in [0.5, 0.6) is 5.88 Å². The molecule has 0 aliphatic carbocycles. The van der Waals surface area contributed by atoms with Crippen LogP contribution in [0, 0.1) is 0 Å². The number of nitrogens with zero attached hydrogens (tertiary/aromatic N) is 2. The lowest BCUT2D eigenvalue weighted by Crippen LogP contribution is -1.87. The van der Waals surface area contributed by atoms with E-state index < -0.39 is 0 Å². The number of pyridine rings is 1. The third-order valence-electron chi connectivity index (χ3n) is 2.49. The van der Waals surface area contributed by atoms with Gasteiger partial charge in [0.15, 0.2) is 5.58 Å². The zero-order chi connectivity index (χ0) is 13.2. The van der Waals surface area contributed by atoms with E-state index in [1.807, 2.05) is 18.2 Å². The Hall–Kier alpha value is -2.21. The molecule has 1 aromatic carbocycles. The zero-order valence-electron chi connectivity index (χ0n) is 10.2. The highest BCUT2D eigenvalue weighted by atomic mass is 32.2. The Morgan fingerprint density at radius 2 is 2.11 bits per heavy atom. The quantitative estimate of drug-likeness (QED) is 0.739. The van der Waals surface area contributed by atoms with Crippen LogP contribution in [0.2, 0.25) is 0 Å². The van der Waals surface area contributed by atoms with E-state index in [-0.39, 0.29) is 0 Å². The number of rotatable bonds is 3. The van der Waals surface area contributed by atoms with Crippen molar-refractivity contribution in [2.45, 2.75) is 10.2 Å². The summed E-state index contributed by atoms with van der Waals surface area (Å²) in [6, 6.07) is 10.9. The van der Waals surface area contributed by atoms with Gasteiger partial charge in [-0.25, -0.2) is 9.97 Å². The minimum atomic E-state index is 0.529. The van der Waals surface area contributed by atoms with Gasteiger partial charge in [-0.05, 0) is 30.0 Å². The summed E-state index contributed by atoms with van der Waals surface area (Å²) in [7, 11) is 1.58. The molecule has 0 spiro atoms. The van der Waals surface area contributed by atoms with Crippen LogP contribution in [0.3, 0.4) is 0 Å². The van der Waals surface area contributed by atoms with Crippen molar-refractivity contribution in [3.63, 3.8) is 0 Å². The average molecular weight is 273 g/mol. The van der Waals surface area contributed by atoms with Crippen molar-refractivity contribution in [3.05, 3.63) is 36.4 Å². The van der Waals surface area contributed by atoms with Crippen molar-refractivity contribution in [2.75, 3.05) is 12.8 Å². The highest BCUT2D eigenvalue weighted by Gasteiger charge is 2.09. The molecule has 6 heteroatoms. The molecule has 0 radical (unpaired) electrons. The van der Waals surface area contributed by atoms with Crippen LogP contribution in [0.25, 0.3) is 11.1 Å². The molecule has 0 unspecified atom stereocenters. The van der Waals surface area contributed by atoms with Crippen LogP contribution in [-0.2, 0) is 0 Å². The first-order valence-electron chi connectivity index (χ1n) is 5.59. The first-order chi connectivity index (χ1) is 9.24. The number of hydrogen-bond acceptors (Lipinski definition) is 6. The van der Waals surface area contributed by atoms with Crippen molar-refractivity contribution in [2.24, 2.45) is 0 Å². The Bertz CT molecular complexity index is 727. The van der Waals surface area contributed by atoms with Gasteiger partial charge in [-0.15, -0.1) is 0 Å². The smallest absolute Gasteiger partial charge is 0.263 e. The number of nitrogen functional groups attached to an aromatic ring is 1. The second kappa shape index (κ2) is 4.81. The van der Waals surface area contributed by atoms with E-state index in [4.69, 9.17) is 14.9 Å². The van der Waals surface area contributed by atoms with E-state index >= 15 is 0 Å². The molecule has 19 heavy (non-hydrogen) atoms. The third kappa shape index (κ3) is 2.48. The van der Waals surface area contributed by atoms with Crippen molar-refractivity contribution in [1.82, 2.24) is 9.97 Å². The predicted octanol–water partition coefficient (Wildman–Crippen LogP) is 2.96. The standard InChI is InChI=1S/C13H11N3O2S/c1-17-11-3-2-4-12(16-11)19-13-15-9-6-5-8(14)7-10(9)18-13/h2-7H,14H2,1H3. The molecule has 3 rings (SSSR count). The molecule has 0 saturated heterocycles. The van der Waals surface area contributed by atoms with Crippen LogP contribution < -0.4 is 10.5 Å². The molecule has 0 amide bonds. The van der Waals surface area contributed by atoms with Crippen LogP contribution >= 0.6 is 11.8 Å². The number of anilines is 1. The van der Waals surface area contributed by atoms with E-state index in [9.17, 15) is 0 Å². The molecule has 96 valence electrons. The summed E-state index contributed by atoms with van der Waals surface area (Å²) in [4.78, 5) is 8.65. The molecule has 0 aliphatic heterocycles. The molecule has 0 saturated carbocycles. The SMILES string of the molecule is COc1cccc(Sc2nc3ccc(N)cc3o2)n1. The molecular formula is C13H11N3O2S. The summed E-state index contributed by atoms with van der Waals surface area (Å²) >= 11 is 1.34. The molecule has 2 heterocycles. The molecule has 5 nitrogen and oxygen atoms in total. The Labute approximate surface area is 113 Å². The lowest BCUT2D eigenvalue weighted by molar-refractivity contribution is 0.394. The fourth-order valence-electron chi connectivity index (χ4n) is 1.62. The van der Waals surface area contributed by atoms with Gasteiger partial charge in [-0.1, -0.05) is 6.07 Å². The minimum absolute atomic E-state index is 0.529. The van der Waals surface area contributed by atoms with Crippen molar-refractivity contribution in [1.29, 1.82) is 0 Å². The second-order valence-corrected chi connectivity index (χ2v) is 4.80. The summed E-state index contributed by atoms with van der Waals surface area (Å²) in [5.74, 6) is 0.561. The van der Waals surface area contributed by atoms with E-state index in [0.717, 1.165) is 10.5 Å². The summed E-state index contributed by atoms with van der Waals surface area (Å²) in [6.07, 6.45) is 0. The monoisotopic (exact) mass is 273 g/mol. The van der Waals surface area contributed by atoms with E-state index in [2.05, 4.69) is 9.97 Å². The first-order valence-corrected chi connectivity index (χ1v) is 6.41. The Kier molecular flexibility index (Phi) is 3.00. The maximum absolute atomic E-state index is 5.70. The summed E-state index contributed by atoms with van der Waals surface area (Å²) in [6.45, 7) is 0. The maximum Gasteiger partial charge on any atom is 0.263 e. The number of ether oxygens (including phenoxy) is 1. The molecule has 3 aromatic rings. The summed E-state index contributed by atoms with van der Waals surface area (Å²) in [5.41, 5.74) is 7.80. The van der Waals surface area contributed by atoms with Gasteiger partial charge in [-0.2, -0.15) is 0 Å². The van der Waals surface area contributed by atoms with Gasteiger partial charge >= 0.3 is 0 Å². The number of hydrogen-bond donors (Lipinski definition) is 1. The average Bonchev–Trinajstić information content (AvgIpc) is 2.80. The van der Waals surface area contributed by atoms with E-state index in [1.165, 1.54) is 11.8 Å². The van der Waals surface area contributed by atoms with Crippen molar-refractivity contribution < 1.29 is 9.15 Å². The van der Waals surface area contributed by atoms with Gasteiger partial charge in [0, 0.05) is 17.8 Å².